The molecule has 0 aromatic carbocycles. The van der Waals surface area contributed by atoms with Gasteiger partial charge in [0.15, 0.2) is 0 Å². The van der Waals surface area contributed by atoms with Crippen LogP contribution in [-0.4, -0.2) is 41.4 Å². The molecule has 0 aliphatic carbocycles. The first-order chi connectivity index (χ1) is 8.58. The number of nitrogens with zero attached hydrogens (tertiary/aromatic N) is 3. The van der Waals surface area contributed by atoms with E-state index in [1.165, 1.54) is 38.0 Å². The van der Waals surface area contributed by atoms with Crippen LogP contribution in [-0.2, 0) is 7.05 Å². The second kappa shape index (κ2) is 5.85. The van der Waals surface area contributed by atoms with Crippen molar-refractivity contribution in [3.05, 3.63) is 17.5 Å². The molecule has 1 fully saturated rings. The van der Waals surface area contributed by atoms with E-state index in [0.29, 0.717) is 6.04 Å². The van der Waals surface area contributed by atoms with Gasteiger partial charge in [-0.05, 0) is 52.7 Å². The van der Waals surface area contributed by atoms with E-state index in [1.807, 2.05) is 11.7 Å². The summed E-state index contributed by atoms with van der Waals surface area (Å²) in [5.41, 5.74) is 2.51. The molecule has 4 heteroatoms. The average molecular weight is 250 g/mol. The van der Waals surface area contributed by atoms with E-state index in [9.17, 15) is 0 Å². The van der Waals surface area contributed by atoms with Crippen molar-refractivity contribution in [2.75, 3.05) is 26.7 Å². The average Bonchev–Trinajstić information content (AvgIpc) is 2.68. The SMILES string of the molecule is Cc1nn(C)cc1C(C)N(C)CC1CCNCC1. The molecule has 4 nitrogen and oxygen atoms in total. The molecule has 1 aliphatic heterocycles. The lowest BCUT2D eigenvalue weighted by molar-refractivity contribution is 0.196. The highest BCUT2D eigenvalue weighted by Gasteiger charge is 2.20. The fourth-order valence-corrected chi connectivity index (χ4v) is 2.90. The maximum Gasteiger partial charge on any atom is 0.0641 e. The highest BCUT2D eigenvalue weighted by atomic mass is 15.3. The lowest BCUT2D eigenvalue weighted by Gasteiger charge is -2.31. The Kier molecular flexibility index (Phi) is 4.40. The standard InChI is InChI=1S/C14H26N4/c1-11-14(10-18(4)16-11)12(2)17(3)9-13-5-7-15-8-6-13/h10,12-13,15H,5-9H2,1-4H3. The molecule has 1 unspecified atom stereocenters. The van der Waals surface area contributed by atoms with E-state index in [1.54, 1.807) is 0 Å². The van der Waals surface area contributed by atoms with Crippen LogP contribution in [0.25, 0.3) is 0 Å². The summed E-state index contributed by atoms with van der Waals surface area (Å²) in [6, 6.07) is 0.452. The van der Waals surface area contributed by atoms with Gasteiger partial charge in [0.25, 0.3) is 0 Å². The Morgan fingerprint density at radius 3 is 2.72 bits per heavy atom. The summed E-state index contributed by atoms with van der Waals surface area (Å²) in [5, 5.41) is 7.87. The first kappa shape index (κ1) is 13.6. The molecule has 1 aliphatic rings. The molecule has 1 aromatic rings. The smallest absolute Gasteiger partial charge is 0.0641 e. The lowest BCUT2D eigenvalue weighted by atomic mass is 9.96. The van der Waals surface area contributed by atoms with E-state index in [0.717, 1.165) is 11.6 Å². The minimum absolute atomic E-state index is 0.452. The van der Waals surface area contributed by atoms with Crippen LogP contribution in [0.1, 0.15) is 37.1 Å². The second-order valence-electron chi connectivity index (χ2n) is 5.65. The number of rotatable bonds is 4. The molecule has 0 saturated carbocycles. The van der Waals surface area contributed by atoms with Crippen molar-refractivity contribution in [1.29, 1.82) is 0 Å². The first-order valence-electron chi connectivity index (χ1n) is 6.99. The molecule has 0 radical (unpaired) electrons. The van der Waals surface area contributed by atoms with Gasteiger partial charge in [0, 0.05) is 31.4 Å². The fourth-order valence-electron chi connectivity index (χ4n) is 2.90. The number of piperidine rings is 1. The minimum atomic E-state index is 0.452. The molecule has 1 saturated heterocycles. The van der Waals surface area contributed by atoms with Crippen LogP contribution < -0.4 is 5.32 Å². The van der Waals surface area contributed by atoms with Gasteiger partial charge in [0.2, 0.25) is 0 Å². The van der Waals surface area contributed by atoms with Crippen molar-refractivity contribution >= 4 is 0 Å². The molecule has 1 N–H and O–H groups in total. The quantitative estimate of drug-likeness (QED) is 0.883. The maximum absolute atomic E-state index is 4.44. The normalized spacial score (nSPS) is 19.4. The molecular formula is C14H26N4. The van der Waals surface area contributed by atoms with Gasteiger partial charge in [-0.2, -0.15) is 5.10 Å². The summed E-state index contributed by atoms with van der Waals surface area (Å²) in [7, 11) is 4.23. The molecule has 1 aromatic heterocycles. The molecule has 2 rings (SSSR count). The number of nitrogens with one attached hydrogen (secondary N) is 1. The number of aryl methyl sites for hydroxylation is 2. The van der Waals surface area contributed by atoms with E-state index in [2.05, 4.69) is 42.4 Å². The number of hydrogen-bond acceptors (Lipinski definition) is 3. The third kappa shape index (κ3) is 3.12. The Labute approximate surface area is 110 Å². The van der Waals surface area contributed by atoms with Crippen molar-refractivity contribution < 1.29 is 0 Å². The Morgan fingerprint density at radius 1 is 1.50 bits per heavy atom. The van der Waals surface area contributed by atoms with Gasteiger partial charge >= 0.3 is 0 Å². The van der Waals surface area contributed by atoms with E-state index >= 15 is 0 Å². The van der Waals surface area contributed by atoms with E-state index < -0.39 is 0 Å². The van der Waals surface area contributed by atoms with Crippen molar-refractivity contribution in [3.63, 3.8) is 0 Å². The van der Waals surface area contributed by atoms with Crippen LogP contribution in [0.5, 0.6) is 0 Å². The largest absolute Gasteiger partial charge is 0.317 e. The second-order valence-corrected chi connectivity index (χ2v) is 5.65. The van der Waals surface area contributed by atoms with E-state index in [4.69, 9.17) is 0 Å². The van der Waals surface area contributed by atoms with Crippen LogP contribution in [0, 0.1) is 12.8 Å². The Balaban J connectivity index is 1.95. The molecular weight excluding hydrogens is 224 g/mol. The van der Waals surface area contributed by atoms with Crippen LogP contribution in [0.2, 0.25) is 0 Å². The molecule has 2 heterocycles. The van der Waals surface area contributed by atoms with Crippen LogP contribution in [0.3, 0.4) is 0 Å². The topological polar surface area (TPSA) is 33.1 Å². The van der Waals surface area contributed by atoms with Gasteiger partial charge < -0.3 is 5.32 Å². The molecule has 0 bridgehead atoms. The molecule has 0 amide bonds. The maximum atomic E-state index is 4.44. The summed E-state index contributed by atoms with van der Waals surface area (Å²) < 4.78 is 1.92. The van der Waals surface area contributed by atoms with Crippen molar-refractivity contribution in [3.8, 4) is 0 Å². The Morgan fingerprint density at radius 2 is 2.17 bits per heavy atom. The minimum Gasteiger partial charge on any atom is -0.317 e. The highest BCUT2D eigenvalue weighted by Crippen LogP contribution is 2.23. The lowest BCUT2D eigenvalue weighted by Crippen LogP contribution is -2.35. The third-order valence-corrected chi connectivity index (χ3v) is 4.17. The van der Waals surface area contributed by atoms with Gasteiger partial charge in [-0.1, -0.05) is 0 Å². The van der Waals surface area contributed by atoms with Crippen LogP contribution >= 0.6 is 0 Å². The summed E-state index contributed by atoms with van der Waals surface area (Å²) in [4.78, 5) is 2.47. The zero-order valence-electron chi connectivity index (χ0n) is 12.1. The van der Waals surface area contributed by atoms with Gasteiger partial charge in [-0.15, -0.1) is 0 Å². The van der Waals surface area contributed by atoms with Crippen molar-refractivity contribution in [1.82, 2.24) is 20.0 Å². The van der Waals surface area contributed by atoms with Crippen LogP contribution in [0.4, 0.5) is 0 Å². The Hall–Kier alpha value is -0.870. The van der Waals surface area contributed by atoms with Crippen molar-refractivity contribution in [2.24, 2.45) is 13.0 Å². The zero-order chi connectivity index (χ0) is 13.1. The summed E-state index contributed by atoms with van der Waals surface area (Å²) in [6.45, 7) is 7.93. The zero-order valence-corrected chi connectivity index (χ0v) is 12.1. The number of hydrogen-bond donors (Lipinski definition) is 1. The van der Waals surface area contributed by atoms with E-state index in [-0.39, 0.29) is 0 Å². The summed E-state index contributed by atoms with van der Waals surface area (Å²) in [6.07, 6.45) is 4.77. The fraction of sp³-hybridized carbons (Fsp3) is 0.786. The highest BCUT2D eigenvalue weighted by molar-refractivity contribution is 5.19. The molecule has 18 heavy (non-hydrogen) atoms. The predicted octanol–water partition coefficient (Wildman–Crippen LogP) is 1.72. The van der Waals surface area contributed by atoms with Gasteiger partial charge in [-0.3, -0.25) is 9.58 Å². The summed E-state index contributed by atoms with van der Waals surface area (Å²) >= 11 is 0. The molecule has 1 atom stereocenters. The number of aromatic nitrogens is 2. The summed E-state index contributed by atoms with van der Waals surface area (Å²) in [5.74, 6) is 0.843. The monoisotopic (exact) mass is 250 g/mol. The molecule has 0 spiro atoms. The van der Waals surface area contributed by atoms with Gasteiger partial charge in [0.05, 0.1) is 5.69 Å². The predicted molar refractivity (Wildman–Crippen MR) is 74.6 cm³/mol. The molecule has 102 valence electrons. The van der Waals surface area contributed by atoms with Gasteiger partial charge in [0.1, 0.15) is 0 Å². The van der Waals surface area contributed by atoms with Crippen LogP contribution in [0.15, 0.2) is 6.20 Å². The van der Waals surface area contributed by atoms with Gasteiger partial charge in [-0.25, -0.2) is 0 Å². The third-order valence-electron chi connectivity index (χ3n) is 4.17. The first-order valence-corrected chi connectivity index (χ1v) is 6.99. The van der Waals surface area contributed by atoms with Crippen molar-refractivity contribution in [2.45, 2.75) is 32.7 Å². The Bertz CT molecular complexity index is 379.